The standard InChI is InChI=1S/C17H26P.C17H14P.Fe/c2*1-3-9-15(10-4-1)18(17-13-7-8-14-17)16-11-5-2-6-12-16;/h7-8,13-16H,1-6,9-12H2;1-14H;. The van der Waals surface area contributed by atoms with Gasteiger partial charge < -0.3 is 0 Å². The molecule has 2 aliphatic carbocycles. The van der Waals surface area contributed by atoms with Crippen LogP contribution in [-0.2, 0) is 6.51 Å². The molecular formula is C34H40FeP2. The van der Waals surface area contributed by atoms with Crippen LogP contribution < -0.4 is 10.6 Å². The van der Waals surface area contributed by atoms with Gasteiger partial charge in [-0.05, 0) is 0 Å². The molecule has 0 N–H and O–H groups in total. The zero-order valence-corrected chi connectivity index (χ0v) is 24.8. The van der Waals surface area contributed by atoms with Crippen molar-refractivity contribution in [3.05, 3.63) is 60.7 Å². The fourth-order valence-corrected chi connectivity index (χ4v) is 131. The summed E-state index contributed by atoms with van der Waals surface area (Å²) in [6, 6.07) is 24.5. The Labute approximate surface area is 214 Å². The third-order valence-corrected chi connectivity index (χ3v) is 79.2. The van der Waals surface area contributed by atoms with E-state index < -0.39 is 6.51 Å². The molecule has 14 rings (SSSR count). The number of hydrogen-bond acceptors (Lipinski definition) is 0. The van der Waals surface area contributed by atoms with E-state index in [9.17, 15) is 0 Å². The van der Waals surface area contributed by atoms with Crippen molar-refractivity contribution in [3.63, 3.8) is 0 Å². The minimum absolute atomic E-state index is 0.149. The van der Waals surface area contributed by atoms with E-state index in [2.05, 4.69) is 60.7 Å². The molecule has 1 spiro atoms. The topological polar surface area (TPSA) is 0 Å². The summed E-state index contributed by atoms with van der Waals surface area (Å²) in [4.78, 5) is 11.4. The molecule has 2 aromatic carbocycles. The van der Waals surface area contributed by atoms with Gasteiger partial charge in [0.05, 0.1) is 0 Å². The van der Waals surface area contributed by atoms with Gasteiger partial charge in [0.2, 0.25) is 0 Å². The maximum atomic E-state index is 2.60. The molecule has 10 aliphatic heterocycles. The molecule has 2 aromatic rings. The summed E-state index contributed by atoms with van der Waals surface area (Å²) in [5.74, 6) is 0. The van der Waals surface area contributed by atoms with Gasteiger partial charge in [0.1, 0.15) is 0 Å². The fourth-order valence-electron chi connectivity index (χ4n) is 22.9. The van der Waals surface area contributed by atoms with Crippen LogP contribution in [0.4, 0.5) is 0 Å². The average Bonchev–Trinajstić information content (AvgIpc) is 3.92. The molecule has 0 aromatic heterocycles. The Hall–Kier alpha value is -0.181. The molecule has 8 unspecified atom stereocenters. The van der Waals surface area contributed by atoms with Crippen LogP contribution in [0.5, 0.6) is 0 Å². The summed E-state index contributed by atoms with van der Waals surface area (Å²) < 4.78 is 2.05. The predicted octanol–water partition coefficient (Wildman–Crippen LogP) is 9.47. The van der Waals surface area contributed by atoms with Crippen LogP contribution in [-0.4, -0.2) is 19.4 Å². The maximum absolute atomic E-state index is 3.62. The van der Waals surface area contributed by atoms with Crippen LogP contribution >= 0.6 is 15.8 Å². The summed E-state index contributed by atoms with van der Waals surface area (Å²) in [6.45, 7) is -3.62. The second kappa shape index (κ2) is 3.08. The van der Waals surface area contributed by atoms with Crippen molar-refractivity contribution in [3.8, 4) is 0 Å². The first-order valence-electron chi connectivity index (χ1n) is 16.0. The zero-order valence-electron chi connectivity index (χ0n) is 21.9. The third kappa shape index (κ3) is 0.501. The van der Waals surface area contributed by atoms with Crippen LogP contribution in [0.15, 0.2) is 60.7 Å². The molecule has 2 saturated carbocycles. The van der Waals surface area contributed by atoms with E-state index in [0.29, 0.717) is 7.92 Å². The van der Waals surface area contributed by atoms with Crippen molar-refractivity contribution in [1.82, 2.24) is 0 Å². The van der Waals surface area contributed by atoms with Gasteiger partial charge in [-0.2, -0.15) is 0 Å². The molecular weight excluding hydrogens is 526 g/mol. The van der Waals surface area contributed by atoms with Gasteiger partial charge in [0, 0.05) is 0 Å². The normalized spacial score (nSPS) is 69.4. The first-order valence-corrected chi connectivity index (χ1v) is 25.0. The van der Waals surface area contributed by atoms with Crippen LogP contribution in [0, 0.1) is 0 Å². The molecule has 194 valence electrons. The van der Waals surface area contributed by atoms with Crippen molar-refractivity contribution >= 4 is 26.5 Å². The number of rotatable bonds is 6. The molecule has 0 amide bonds. The van der Waals surface area contributed by atoms with Gasteiger partial charge in [-0.3, -0.25) is 0 Å². The molecule has 37 heavy (non-hydrogen) atoms. The summed E-state index contributed by atoms with van der Waals surface area (Å²) in [5, 5.41) is 3.60. The van der Waals surface area contributed by atoms with E-state index in [1.54, 1.807) is 74.8 Å². The Balaban J connectivity index is 1.06. The van der Waals surface area contributed by atoms with E-state index in [-0.39, 0.29) is 7.92 Å². The Kier molecular flexibility index (Phi) is 1.58. The summed E-state index contributed by atoms with van der Waals surface area (Å²) in [7, 11) is 0.152. The molecule has 0 radical (unpaired) electrons. The predicted molar refractivity (Wildman–Crippen MR) is 155 cm³/mol. The molecule has 10 heterocycles. The molecule has 0 nitrogen and oxygen atoms in total. The first-order chi connectivity index (χ1) is 18.1. The van der Waals surface area contributed by atoms with Gasteiger partial charge in [0.15, 0.2) is 0 Å². The molecule has 10 saturated heterocycles. The van der Waals surface area contributed by atoms with Crippen LogP contribution in [0.25, 0.3) is 0 Å². The van der Waals surface area contributed by atoms with Gasteiger partial charge in [-0.25, -0.2) is 0 Å². The molecule has 12 fully saturated rings. The number of hydrogen-bond donors (Lipinski definition) is 0. The second-order valence-electron chi connectivity index (χ2n) is 17.7. The van der Waals surface area contributed by atoms with Crippen molar-refractivity contribution in [2.24, 2.45) is 0 Å². The van der Waals surface area contributed by atoms with Gasteiger partial charge in [-0.1, -0.05) is 0 Å². The third-order valence-electron chi connectivity index (χ3n) is 21.4. The van der Waals surface area contributed by atoms with Crippen LogP contribution in [0.1, 0.15) is 64.2 Å². The number of fused-ring (bicyclic) bond motifs is 10. The Morgan fingerprint density at radius 1 is 0.514 bits per heavy atom. The van der Waals surface area contributed by atoms with Crippen molar-refractivity contribution < 1.29 is 6.51 Å². The molecule has 12 aliphatic rings. The average molecular weight is 566 g/mol. The van der Waals surface area contributed by atoms with Gasteiger partial charge in [-0.15, -0.1) is 0 Å². The van der Waals surface area contributed by atoms with Crippen molar-refractivity contribution in [2.45, 2.75) is 122 Å². The SMILES string of the molecule is c1ccc(P(c2ccccc2)[C]23[CH]4[CH]5[CH]6[CH]2[Fe]56432789[CH]3[CH]2[CH]7[C]8(P(C2CCCCC2)C2CCCCC2)[CH]39)cc1. The van der Waals surface area contributed by atoms with E-state index in [4.69, 9.17) is 0 Å². The van der Waals surface area contributed by atoms with E-state index in [1.807, 2.05) is 0 Å². The van der Waals surface area contributed by atoms with Gasteiger partial charge in [0.25, 0.3) is 0 Å². The second-order valence-corrected chi connectivity index (χ2v) is 47.2. The van der Waals surface area contributed by atoms with Gasteiger partial charge >= 0.3 is 216 Å². The quantitative estimate of drug-likeness (QED) is 0.241. The Bertz CT molecular complexity index is 1760. The fraction of sp³-hybridized carbons (Fsp3) is 0.647. The Morgan fingerprint density at radius 3 is 1.32 bits per heavy atom. The van der Waals surface area contributed by atoms with Crippen LogP contribution in [0.2, 0.25) is 38.5 Å². The molecule has 0 bridgehead atoms. The first kappa shape index (κ1) is 19.0. The molecule has 8 atom stereocenters. The van der Waals surface area contributed by atoms with E-state index in [1.165, 1.54) is 49.8 Å². The van der Waals surface area contributed by atoms with Crippen molar-refractivity contribution in [2.75, 3.05) is 0 Å². The zero-order chi connectivity index (χ0) is 23.5. The van der Waals surface area contributed by atoms with E-state index >= 15 is 0 Å². The van der Waals surface area contributed by atoms with E-state index in [0.717, 1.165) is 8.11 Å². The minimum atomic E-state index is -3.62. The summed E-state index contributed by atoms with van der Waals surface area (Å²) in [5.41, 5.74) is 2.42. The Morgan fingerprint density at radius 2 is 0.919 bits per heavy atom. The summed E-state index contributed by atoms with van der Waals surface area (Å²) >= 11 is 0. The van der Waals surface area contributed by atoms with Crippen molar-refractivity contribution in [1.29, 1.82) is 0 Å². The molecule has 3 heteroatoms. The van der Waals surface area contributed by atoms with Crippen LogP contribution in [0.3, 0.4) is 0 Å². The summed E-state index contributed by atoms with van der Waals surface area (Å²) in [6.07, 6.45) is 16.1. The number of benzene rings is 2. The monoisotopic (exact) mass is 566 g/mol.